The van der Waals surface area contributed by atoms with Crippen LogP contribution in [0, 0.1) is 5.92 Å². The summed E-state index contributed by atoms with van der Waals surface area (Å²) >= 11 is 0. The van der Waals surface area contributed by atoms with E-state index < -0.39 is 0 Å². The third-order valence-corrected chi connectivity index (χ3v) is 6.73. The highest BCUT2D eigenvalue weighted by Gasteiger charge is 2.40. The summed E-state index contributed by atoms with van der Waals surface area (Å²) in [4.78, 5) is 26.1. The Labute approximate surface area is 194 Å². The van der Waals surface area contributed by atoms with Crippen molar-refractivity contribution in [2.45, 2.75) is 122 Å². The number of rotatable bonds is 4. The Kier molecular flexibility index (Phi) is 6.71. The first-order chi connectivity index (χ1) is 14.5. The van der Waals surface area contributed by atoms with Gasteiger partial charge in [-0.3, -0.25) is 9.59 Å². The molecule has 3 rings (SSSR count). The molecule has 2 fully saturated rings. The molecule has 1 atom stereocenters. The molecule has 0 spiro atoms. The number of allylic oxidation sites excluding steroid dienone is 1. The molecule has 0 aromatic carbocycles. The normalized spacial score (nSPS) is 29.1. The quantitative estimate of drug-likeness (QED) is 0.536. The maximum absolute atomic E-state index is 13.1. The van der Waals surface area contributed by atoms with Gasteiger partial charge in [-0.25, -0.2) is 0 Å². The number of carbonyl (C=O) groups excluding carboxylic acids is 2. The Morgan fingerprint density at radius 3 is 1.69 bits per heavy atom. The molecule has 6 heteroatoms. The summed E-state index contributed by atoms with van der Waals surface area (Å²) in [6, 6.07) is 0.237. The van der Waals surface area contributed by atoms with E-state index in [-0.39, 0.29) is 52.0 Å². The Morgan fingerprint density at radius 2 is 1.22 bits per heavy atom. The number of hydrogen-bond acceptors (Lipinski definition) is 4. The molecule has 6 nitrogen and oxygen atoms in total. The van der Waals surface area contributed by atoms with E-state index in [9.17, 15) is 9.59 Å². The van der Waals surface area contributed by atoms with Crippen molar-refractivity contribution in [2.24, 2.45) is 5.92 Å². The third kappa shape index (κ3) is 6.67. The predicted octanol–water partition coefficient (Wildman–Crippen LogP) is 3.34. The zero-order valence-corrected chi connectivity index (χ0v) is 21.3. The van der Waals surface area contributed by atoms with E-state index in [0.717, 1.165) is 25.7 Å². The number of nitrogens with one attached hydrogen (secondary N) is 4. The lowest BCUT2D eigenvalue weighted by molar-refractivity contribution is -0.124. The Bertz CT molecular complexity index is 775. The van der Waals surface area contributed by atoms with Crippen LogP contribution in [0.15, 0.2) is 23.8 Å². The molecule has 2 saturated heterocycles. The molecular formula is C26H44N4O2. The van der Waals surface area contributed by atoms with Crippen molar-refractivity contribution < 1.29 is 9.59 Å². The molecule has 0 bridgehead atoms. The van der Waals surface area contributed by atoms with Gasteiger partial charge in [-0.05, 0) is 87.5 Å². The zero-order chi connectivity index (χ0) is 23.9. The summed E-state index contributed by atoms with van der Waals surface area (Å²) in [6.07, 6.45) is 9.83. The summed E-state index contributed by atoms with van der Waals surface area (Å²) < 4.78 is 0. The first kappa shape index (κ1) is 25.0. The molecular weight excluding hydrogens is 400 g/mol. The fourth-order valence-electron chi connectivity index (χ4n) is 6.44. The smallest absolute Gasteiger partial charge is 0.251 e. The summed E-state index contributed by atoms with van der Waals surface area (Å²) in [5, 5.41) is 13.8. The lowest BCUT2D eigenvalue weighted by Gasteiger charge is -2.46. The van der Waals surface area contributed by atoms with Crippen LogP contribution in [0.3, 0.4) is 0 Å². The fourth-order valence-corrected chi connectivity index (χ4v) is 6.44. The topological polar surface area (TPSA) is 82.3 Å². The van der Waals surface area contributed by atoms with Crippen molar-refractivity contribution in [1.82, 2.24) is 21.3 Å². The summed E-state index contributed by atoms with van der Waals surface area (Å²) in [5.74, 6) is -0.369. The van der Waals surface area contributed by atoms with Crippen LogP contribution in [0.1, 0.15) is 87.5 Å². The van der Waals surface area contributed by atoms with Crippen LogP contribution in [0.5, 0.6) is 0 Å². The van der Waals surface area contributed by atoms with Gasteiger partial charge in [-0.2, -0.15) is 0 Å². The third-order valence-electron chi connectivity index (χ3n) is 6.73. The van der Waals surface area contributed by atoms with Crippen LogP contribution in [0.4, 0.5) is 0 Å². The lowest BCUT2D eigenvalue weighted by atomic mass is 9.79. The molecule has 1 aliphatic carbocycles. The van der Waals surface area contributed by atoms with Gasteiger partial charge in [0, 0.05) is 39.8 Å². The van der Waals surface area contributed by atoms with E-state index in [0.29, 0.717) is 12.0 Å². The largest absolute Gasteiger partial charge is 0.353 e. The predicted molar refractivity (Wildman–Crippen MR) is 130 cm³/mol. The minimum absolute atomic E-state index is 0.0160. The highest BCUT2D eigenvalue weighted by molar-refractivity contribution is 5.98. The van der Waals surface area contributed by atoms with E-state index in [1.54, 1.807) is 0 Å². The first-order valence-corrected chi connectivity index (χ1v) is 12.1. The van der Waals surface area contributed by atoms with Gasteiger partial charge in [0.25, 0.3) is 5.91 Å². The van der Waals surface area contributed by atoms with E-state index in [1.165, 1.54) is 0 Å². The zero-order valence-electron chi connectivity index (χ0n) is 21.3. The Morgan fingerprint density at radius 1 is 0.781 bits per heavy atom. The van der Waals surface area contributed by atoms with Crippen molar-refractivity contribution in [3.8, 4) is 0 Å². The standard InChI is InChI=1S/C26H44N4O2/c1-23(2)13-19(14-24(3,4)29-23)27-21(31)17-10-9-11-18(12-17)22(32)28-20-15-25(5,6)30-26(7,8)16-20/h9-10,12,18-20,29-30H,11,13-16H2,1-8H3,(H,27,31)(H,28,32). The van der Waals surface area contributed by atoms with Gasteiger partial charge in [0.15, 0.2) is 0 Å². The molecule has 4 N–H and O–H groups in total. The van der Waals surface area contributed by atoms with Crippen molar-refractivity contribution in [3.63, 3.8) is 0 Å². The average molecular weight is 445 g/mol. The van der Waals surface area contributed by atoms with Crippen molar-refractivity contribution in [2.75, 3.05) is 0 Å². The molecule has 32 heavy (non-hydrogen) atoms. The maximum atomic E-state index is 13.1. The molecule has 2 aliphatic heterocycles. The Balaban J connectivity index is 1.62. The summed E-state index contributed by atoms with van der Waals surface area (Å²) in [7, 11) is 0. The molecule has 2 amide bonds. The van der Waals surface area contributed by atoms with Crippen LogP contribution in [-0.2, 0) is 9.59 Å². The maximum Gasteiger partial charge on any atom is 0.251 e. The van der Waals surface area contributed by atoms with Gasteiger partial charge in [0.1, 0.15) is 0 Å². The van der Waals surface area contributed by atoms with Gasteiger partial charge in [0.05, 0.1) is 5.92 Å². The molecule has 0 aromatic heterocycles. The number of piperidine rings is 2. The molecule has 3 aliphatic rings. The minimum atomic E-state index is -0.303. The van der Waals surface area contributed by atoms with E-state index >= 15 is 0 Å². The van der Waals surface area contributed by atoms with E-state index in [1.807, 2.05) is 18.2 Å². The number of amides is 2. The van der Waals surface area contributed by atoms with Gasteiger partial charge in [0.2, 0.25) is 5.91 Å². The molecule has 1 unspecified atom stereocenters. The van der Waals surface area contributed by atoms with Gasteiger partial charge in [-0.15, -0.1) is 0 Å². The lowest BCUT2D eigenvalue weighted by Crippen LogP contribution is -2.62. The molecule has 0 aromatic rings. The second-order valence-corrected chi connectivity index (χ2v) is 12.8. The van der Waals surface area contributed by atoms with E-state index in [4.69, 9.17) is 0 Å². The number of carbonyl (C=O) groups is 2. The minimum Gasteiger partial charge on any atom is -0.353 e. The van der Waals surface area contributed by atoms with Crippen LogP contribution < -0.4 is 21.3 Å². The molecule has 0 saturated carbocycles. The highest BCUT2D eigenvalue weighted by atomic mass is 16.2. The number of hydrogen-bond donors (Lipinski definition) is 4. The van der Waals surface area contributed by atoms with Crippen LogP contribution in [-0.4, -0.2) is 46.1 Å². The van der Waals surface area contributed by atoms with Gasteiger partial charge in [-0.1, -0.05) is 18.2 Å². The molecule has 180 valence electrons. The van der Waals surface area contributed by atoms with Gasteiger partial charge >= 0.3 is 0 Å². The van der Waals surface area contributed by atoms with Crippen molar-refractivity contribution in [3.05, 3.63) is 23.8 Å². The first-order valence-electron chi connectivity index (χ1n) is 12.1. The van der Waals surface area contributed by atoms with Crippen molar-refractivity contribution in [1.29, 1.82) is 0 Å². The van der Waals surface area contributed by atoms with Crippen LogP contribution in [0.25, 0.3) is 0 Å². The van der Waals surface area contributed by atoms with E-state index in [2.05, 4.69) is 76.7 Å². The summed E-state index contributed by atoms with van der Waals surface area (Å²) in [5.41, 5.74) is 0.480. The van der Waals surface area contributed by atoms with Crippen molar-refractivity contribution >= 4 is 11.8 Å². The summed E-state index contributed by atoms with van der Waals surface area (Å²) in [6.45, 7) is 17.4. The fraction of sp³-hybridized carbons (Fsp3) is 0.769. The molecule has 2 heterocycles. The average Bonchev–Trinajstić information content (AvgIpc) is 2.56. The van der Waals surface area contributed by atoms with Crippen LogP contribution >= 0.6 is 0 Å². The van der Waals surface area contributed by atoms with Gasteiger partial charge < -0.3 is 21.3 Å². The SMILES string of the molecule is CC1(C)CC(NC(=O)C2=CC(C(=O)NC3CC(C)(C)NC(C)(C)C3)CC=C2)CC(C)(C)N1. The monoisotopic (exact) mass is 444 g/mol. The second-order valence-electron chi connectivity index (χ2n) is 12.8. The van der Waals surface area contributed by atoms with Crippen LogP contribution in [0.2, 0.25) is 0 Å². The second kappa shape index (κ2) is 8.60. The molecule has 0 radical (unpaired) electrons. The highest BCUT2D eigenvalue weighted by Crippen LogP contribution is 2.30. The Hall–Kier alpha value is -1.66.